The van der Waals surface area contributed by atoms with Crippen molar-refractivity contribution in [3.05, 3.63) is 52.5 Å². The molecule has 24 heavy (non-hydrogen) atoms. The van der Waals surface area contributed by atoms with Crippen LogP contribution in [0.2, 0.25) is 10.0 Å². The van der Waals surface area contributed by atoms with Crippen molar-refractivity contribution in [1.29, 1.82) is 0 Å². The second kappa shape index (κ2) is 8.04. The molecule has 0 fully saturated rings. The van der Waals surface area contributed by atoms with Crippen LogP contribution < -0.4 is 16.0 Å². The summed E-state index contributed by atoms with van der Waals surface area (Å²) in [5.41, 5.74) is 1.81. The predicted molar refractivity (Wildman–Crippen MR) is 98.9 cm³/mol. The molecule has 2 aromatic rings. The number of carbonyl (C=O) groups is 2. The third-order valence-corrected chi connectivity index (χ3v) is 3.70. The van der Waals surface area contributed by atoms with E-state index in [1.807, 2.05) is 0 Å². The second-order valence-electron chi connectivity index (χ2n) is 5.24. The quantitative estimate of drug-likeness (QED) is 0.735. The van der Waals surface area contributed by atoms with Gasteiger partial charge in [-0.15, -0.1) is 0 Å². The predicted octanol–water partition coefficient (Wildman–Crippen LogP) is 4.39. The zero-order valence-electron chi connectivity index (χ0n) is 13.2. The lowest BCUT2D eigenvalue weighted by molar-refractivity contribution is -0.116. The van der Waals surface area contributed by atoms with Crippen molar-refractivity contribution < 1.29 is 9.59 Å². The molecule has 126 valence electrons. The first kappa shape index (κ1) is 18.1. The SMILES string of the molecule is CC(=O)Nc1ccc(NC(C)C(=O)Nc2cccc(Cl)c2)cc1Cl. The first-order valence-corrected chi connectivity index (χ1v) is 8.01. The Kier molecular flexibility index (Phi) is 6.06. The average Bonchev–Trinajstić information content (AvgIpc) is 2.49. The van der Waals surface area contributed by atoms with Gasteiger partial charge in [0.15, 0.2) is 0 Å². The number of hydrogen-bond acceptors (Lipinski definition) is 3. The topological polar surface area (TPSA) is 70.2 Å². The molecule has 0 aliphatic carbocycles. The Morgan fingerprint density at radius 2 is 1.75 bits per heavy atom. The summed E-state index contributed by atoms with van der Waals surface area (Å²) in [6.45, 7) is 3.14. The summed E-state index contributed by atoms with van der Waals surface area (Å²) in [4.78, 5) is 23.3. The van der Waals surface area contributed by atoms with Crippen molar-refractivity contribution >= 4 is 52.1 Å². The Morgan fingerprint density at radius 3 is 2.38 bits per heavy atom. The van der Waals surface area contributed by atoms with Gasteiger partial charge < -0.3 is 16.0 Å². The molecular formula is C17H17Cl2N3O2. The standard InChI is InChI=1S/C17H17Cl2N3O2/c1-10(17(24)22-13-5-3-4-12(18)8-13)20-14-6-7-16(15(19)9-14)21-11(2)23/h3-10,20H,1-2H3,(H,21,23)(H,22,24). The van der Waals surface area contributed by atoms with Gasteiger partial charge in [-0.25, -0.2) is 0 Å². The van der Waals surface area contributed by atoms with Gasteiger partial charge in [0.25, 0.3) is 0 Å². The molecule has 2 aromatic carbocycles. The van der Waals surface area contributed by atoms with Gasteiger partial charge in [-0.1, -0.05) is 29.3 Å². The van der Waals surface area contributed by atoms with Gasteiger partial charge in [-0.3, -0.25) is 9.59 Å². The number of amides is 2. The van der Waals surface area contributed by atoms with Gasteiger partial charge in [0.2, 0.25) is 11.8 Å². The first-order valence-electron chi connectivity index (χ1n) is 7.25. The largest absolute Gasteiger partial charge is 0.374 e. The van der Waals surface area contributed by atoms with Crippen LogP contribution in [0.5, 0.6) is 0 Å². The molecule has 0 saturated carbocycles. The van der Waals surface area contributed by atoms with E-state index in [1.54, 1.807) is 49.4 Å². The van der Waals surface area contributed by atoms with Crippen LogP contribution in [-0.4, -0.2) is 17.9 Å². The highest BCUT2D eigenvalue weighted by molar-refractivity contribution is 6.34. The molecule has 0 radical (unpaired) electrons. The van der Waals surface area contributed by atoms with E-state index in [1.165, 1.54) is 6.92 Å². The number of nitrogens with one attached hydrogen (secondary N) is 3. The summed E-state index contributed by atoms with van der Waals surface area (Å²) in [5, 5.41) is 9.40. The number of benzene rings is 2. The second-order valence-corrected chi connectivity index (χ2v) is 6.09. The molecule has 3 N–H and O–H groups in total. The molecule has 2 amide bonds. The fourth-order valence-corrected chi connectivity index (χ4v) is 2.45. The molecule has 0 bridgehead atoms. The number of carbonyl (C=O) groups excluding carboxylic acids is 2. The van der Waals surface area contributed by atoms with Crippen molar-refractivity contribution in [2.75, 3.05) is 16.0 Å². The Balaban J connectivity index is 2.00. The van der Waals surface area contributed by atoms with Crippen LogP contribution in [0, 0.1) is 0 Å². The van der Waals surface area contributed by atoms with Crippen LogP contribution in [-0.2, 0) is 9.59 Å². The summed E-state index contributed by atoms with van der Waals surface area (Å²) >= 11 is 12.0. The lowest BCUT2D eigenvalue weighted by atomic mass is 10.2. The molecular weight excluding hydrogens is 349 g/mol. The van der Waals surface area contributed by atoms with Crippen LogP contribution in [0.15, 0.2) is 42.5 Å². The Bertz CT molecular complexity index is 765. The molecule has 1 atom stereocenters. The maximum absolute atomic E-state index is 12.2. The van der Waals surface area contributed by atoms with Gasteiger partial charge >= 0.3 is 0 Å². The average molecular weight is 366 g/mol. The Morgan fingerprint density at radius 1 is 1.00 bits per heavy atom. The van der Waals surface area contributed by atoms with Crippen molar-refractivity contribution in [3.63, 3.8) is 0 Å². The lowest BCUT2D eigenvalue weighted by Gasteiger charge is -2.16. The molecule has 0 aliphatic heterocycles. The number of rotatable bonds is 5. The minimum atomic E-state index is -0.494. The monoisotopic (exact) mass is 365 g/mol. The normalized spacial score (nSPS) is 11.5. The lowest BCUT2D eigenvalue weighted by Crippen LogP contribution is -2.31. The Hall–Kier alpha value is -2.24. The molecule has 0 aromatic heterocycles. The van der Waals surface area contributed by atoms with E-state index in [-0.39, 0.29) is 11.8 Å². The minimum absolute atomic E-state index is 0.202. The van der Waals surface area contributed by atoms with Gasteiger partial charge in [0, 0.05) is 23.3 Å². The summed E-state index contributed by atoms with van der Waals surface area (Å²) < 4.78 is 0. The van der Waals surface area contributed by atoms with E-state index < -0.39 is 6.04 Å². The van der Waals surface area contributed by atoms with E-state index >= 15 is 0 Å². The van der Waals surface area contributed by atoms with Gasteiger partial charge in [0.05, 0.1) is 10.7 Å². The third-order valence-electron chi connectivity index (χ3n) is 3.15. The number of halogens is 2. The van der Waals surface area contributed by atoms with Crippen molar-refractivity contribution in [2.45, 2.75) is 19.9 Å². The van der Waals surface area contributed by atoms with Gasteiger partial charge in [0.1, 0.15) is 6.04 Å². The van der Waals surface area contributed by atoms with Gasteiger partial charge in [-0.05, 0) is 43.3 Å². The van der Waals surface area contributed by atoms with Gasteiger partial charge in [-0.2, -0.15) is 0 Å². The molecule has 1 unspecified atom stereocenters. The van der Waals surface area contributed by atoms with Crippen LogP contribution >= 0.6 is 23.2 Å². The van der Waals surface area contributed by atoms with Crippen LogP contribution in [0.1, 0.15) is 13.8 Å². The third kappa shape index (κ3) is 5.15. The van der Waals surface area contributed by atoms with Crippen molar-refractivity contribution in [1.82, 2.24) is 0 Å². The summed E-state index contributed by atoms with van der Waals surface area (Å²) in [5.74, 6) is -0.411. The molecule has 5 nitrogen and oxygen atoms in total. The van der Waals surface area contributed by atoms with E-state index in [0.29, 0.717) is 27.1 Å². The van der Waals surface area contributed by atoms with Crippen molar-refractivity contribution in [2.24, 2.45) is 0 Å². The maximum Gasteiger partial charge on any atom is 0.246 e. The highest BCUT2D eigenvalue weighted by Crippen LogP contribution is 2.26. The molecule has 0 saturated heterocycles. The molecule has 0 spiro atoms. The summed E-state index contributed by atoms with van der Waals surface area (Å²) in [7, 11) is 0. The van der Waals surface area contributed by atoms with Crippen LogP contribution in [0.4, 0.5) is 17.1 Å². The fourth-order valence-electron chi connectivity index (χ4n) is 2.03. The minimum Gasteiger partial charge on any atom is -0.374 e. The first-order chi connectivity index (χ1) is 11.3. The molecule has 2 rings (SSSR count). The highest BCUT2D eigenvalue weighted by atomic mass is 35.5. The number of hydrogen-bond donors (Lipinski definition) is 3. The highest BCUT2D eigenvalue weighted by Gasteiger charge is 2.14. The summed E-state index contributed by atoms with van der Waals surface area (Å²) in [6, 6.07) is 11.5. The molecule has 7 heteroatoms. The van der Waals surface area contributed by atoms with Crippen LogP contribution in [0.25, 0.3) is 0 Å². The number of anilines is 3. The Labute approximate surface area is 150 Å². The maximum atomic E-state index is 12.2. The van der Waals surface area contributed by atoms with Crippen LogP contribution in [0.3, 0.4) is 0 Å². The fraction of sp³-hybridized carbons (Fsp3) is 0.176. The smallest absolute Gasteiger partial charge is 0.246 e. The molecule has 0 aliphatic rings. The molecule has 0 heterocycles. The summed E-state index contributed by atoms with van der Waals surface area (Å²) in [6.07, 6.45) is 0. The van der Waals surface area contributed by atoms with E-state index in [9.17, 15) is 9.59 Å². The zero-order chi connectivity index (χ0) is 17.7. The zero-order valence-corrected chi connectivity index (χ0v) is 14.7. The van der Waals surface area contributed by atoms with E-state index in [2.05, 4.69) is 16.0 Å². The van der Waals surface area contributed by atoms with E-state index in [4.69, 9.17) is 23.2 Å². The van der Waals surface area contributed by atoms with Crippen molar-refractivity contribution in [3.8, 4) is 0 Å². The van der Waals surface area contributed by atoms with E-state index in [0.717, 1.165) is 0 Å².